The van der Waals surface area contributed by atoms with Crippen molar-refractivity contribution in [3.63, 3.8) is 0 Å². The van der Waals surface area contributed by atoms with Crippen LogP contribution < -0.4 is 5.32 Å². The molecule has 38 heavy (non-hydrogen) atoms. The zero-order chi connectivity index (χ0) is 25.9. The van der Waals surface area contributed by atoms with Crippen molar-refractivity contribution in [1.29, 1.82) is 0 Å². The van der Waals surface area contributed by atoms with E-state index in [9.17, 15) is 4.79 Å². The molecular weight excluding hydrogens is 486 g/mol. The molecule has 0 unspecified atom stereocenters. The van der Waals surface area contributed by atoms with E-state index in [2.05, 4.69) is 5.32 Å². The van der Waals surface area contributed by atoms with Crippen molar-refractivity contribution >= 4 is 5.91 Å². The highest BCUT2D eigenvalue weighted by molar-refractivity contribution is 5.73. The molecule has 1 saturated carbocycles. The second-order valence-electron chi connectivity index (χ2n) is 10.7. The number of fused-ring (bicyclic) bond motifs is 1. The first-order chi connectivity index (χ1) is 18.7. The van der Waals surface area contributed by atoms with Gasteiger partial charge in [0.05, 0.1) is 19.3 Å². The van der Waals surface area contributed by atoms with Crippen molar-refractivity contribution in [2.45, 2.75) is 101 Å². The van der Waals surface area contributed by atoms with Crippen LogP contribution in [0.25, 0.3) is 0 Å². The first kappa shape index (κ1) is 25.9. The topological polar surface area (TPSA) is 87.8 Å². The van der Waals surface area contributed by atoms with Crippen molar-refractivity contribution in [2.24, 2.45) is 0 Å². The van der Waals surface area contributed by atoms with E-state index in [4.69, 9.17) is 28.4 Å². The van der Waals surface area contributed by atoms with E-state index in [1.165, 1.54) is 13.3 Å². The van der Waals surface area contributed by atoms with Gasteiger partial charge in [0.15, 0.2) is 12.6 Å². The fourth-order valence-electron chi connectivity index (χ4n) is 5.86. The van der Waals surface area contributed by atoms with Gasteiger partial charge in [-0.3, -0.25) is 4.79 Å². The summed E-state index contributed by atoms with van der Waals surface area (Å²) in [5.74, 6) is -0.166. The van der Waals surface area contributed by atoms with E-state index in [-0.39, 0.29) is 30.3 Å². The number of nitrogens with one attached hydrogen (secondary N) is 1. The second kappa shape index (κ2) is 11.8. The summed E-state index contributed by atoms with van der Waals surface area (Å²) in [5.41, 5.74) is 2.14. The average Bonchev–Trinajstić information content (AvgIpc) is 3.75. The minimum absolute atomic E-state index is 0.0699. The van der Waals surface area contributed by atoms with Gasteiger partial charge >= 0.3 is 0 Å². The molecule has 2 aromatic rings. The Morgan fingerprint density at radius 1 is 0.921 bits per heavy atom. The van der Waals surface area contributed by atoms with Crippen molar-refractivity contribution in [3.05, 3.63) is 71.8 Å². The molecule has 6 rings (SSSR count). The van der Waals surface area contributed by atoms with Gasteiger partial charge < -0.3 is 33.7 Å². The van der Waals surface area contributed by atoms with E-state index < -0.39 is 30.8 Å². The third-order valence-corrected chi connectivity index (χ3v) is 7.82. The molecule has 204 valence electrons. The lowest BCUT2D eigenvalue weighted by Crippen LogP contribution is -2.68. The number of hydrogen-bond donors (Lipinski definition) is 1. The standard InChI is InChI=1S/C30H37NO7/c1-19(32)31-24-27(33-17-20-11-5-2-6-12-20)26-23(36-29(24)35-22-15-9-4-10-16-22)18-34-30(38-26)28-25(37-28)21-13-7-3-8-14-21/h2-3,5-8,11-14,22-30H,4,9-10,15-18H2,1H3,(H,31,32)/t23-,24-,25-,26-,27-,28+,29-,30-/m1/s1. The maximum Gasteiger partial charge on any atom is 0.217 e. The molecule has 1 aliphatic carbocycles. The monoisotopic (exact) mass is 523 g/mol. The van der Waals surface area contributed by atoms with Crippen LogP contribution >= 0.6 is 0 Å². The summed E-state index contributed by atoms with van der Waals surface area (Å²) in [5, 5.41) is 3.07. The van der Waals surface area contributed by atoms with Crippen LogP contribution in [0.4, 0.5) is 0 Å². The SMILES string of the molecule is CC(=O)N[C@H]1[C@H](OC2CCCCC2)O[C@@H]2CO[C@@H]([C@H]3O[C@@H]3c3ccccc3)O[C@H]2[C@@H]1OCc1ccccc1. The van der Waals surface area contributed by atoms with Gasteiger partial charge in [-0.05, 0) is 24.0 Å². The molecule has 0 aromatic heterocycles. The number of carbonyl (C=O) groups excluding carboxylic acids is 1. The van der Waals surface area contributed by atoms with E-state index >= 15 is 0 Å². The van der Waals surface area contributed by atoms with Crippen LogP contribution in [-0.4, -0.2) is 61.7 Å². The van der Waals surface area contributed by atoms with Crippen LogP contribution in [0, 0.1) is 0 Å². The predicted octanol–water partition coefficient (Wildman–Crippen LogP) is 4.03. The van der Waals surface area contributed by atoms with E-state index in [1.54, 1.807) is 0 Å². The number of benzene rings is 2. The van der Waals surface area contributed by atoms with Gasteiger partial charge in [0, 0.05) is 6.92 Å². The number of carbonyl (C=O) groups is 1. The predicted molar refractivity (Wildman–Crippen MR) is 138 cm³/mol. The Bertz CT molecular complexity index is 1050. The van der Waals surface area contributed by atoms with Crippen LogP contribution in [0.5, 0.6) is 0 Å². The molecular formula is C30H37NO7. The normalized spacial score (nSPS) is 35.3. The lowest BCUT2D eigenvalue weighted by atomic mass is 9.94. The minimum atomic E-state index is -0.651. The summed E-state index contributed by atoms with van der Waals surface area (Å²) < 4.78 is 38.1. The van der Waals surface area contributed by atoms with Crippen molar-refractivity contribution in [3.8, 4) is 0 Å². The molecule has 0 bridgehead atoms. The molecule has 1 amide bonds. The summed E-state index contributed by atoms with van der Waals surface area (Å²) in [4.78, 5) is 12.3. The molecule has 4 fully saturated rings. The maximum atomic E-state index is 12.3. The number of rotatable bonds is 8. The van der Waals surface area contributed by atoms with Crippen LogP contribution in [0.1, 0.15) is 56.3 Å². The Hall–Kier alpha value is -2.33. The largest absolute Gasteiger partial charge is 0.368 e. The Balaban J connectivity index is 1.22. The van der Waals surface area contributed by atoms with E-state index in [0.717, 1.165) is 36.8 Å². The fraction of sp³-hybridized carbons (Fsp3) is 0.567. The van der Waals surface area contributed by atoms with Crippen molar-refractivity contribution in [1.82, 2.24) is 5.32 Å². The quantitative estimate of drug-likeness (QED) is 0.523. The fourth-order valence-corrected chi connectivity index (χ4v) is 5.86. The summed E-state index contributed by atoms with van der Waals surface area (Å²) >= 11 is 0. The first-order valence-electron chi connectivity index (χ1n) is 13.9. The molecule has 1 N–H and O–H groups in total. The average molecular weight is 524 g/mol. The van der Waals surface area contributed by atoms with E-state index in [0.29, 0.717) is 13.2 Å². The van der Waals surface area contributed by atoms with Gasteiger partial charge in [0.25, 0.3) is 0 Å². The molecule has 3 heterocycles. The highest BCUT2D eigenvalue weighted by Crippen LogP contribution is 2.44. The smallest absolute Gasteiger partial charge is 0.217 e. The van der Waals surface area contributed by atoms with Crippen molar-refractivity contribution < 1.29 is 33.2 Å². The second-order valence-corrected chi connectivity index (χ2v) is 10.7. The van der Waals surface area contributed by atoms with Gasteiger partial charge in [-0.25, -0.2) is 0 Å². The van der Waals surface area contributed by atoms with Gasteiger partial charge in [-0.2, -0.15) is 0 Å². The van der Waals surface area contributed by atoms with Gasteiger partial charge in [-0.1, -0.05) is 79.9 Å². The van der Waals surface area contributed by atoms with Crippen LogP contribution in [0.2, 0.25) is 0 Å². The molecule has 4 aliphatic rings. The molecule has 0 radical (unpaired) electrons. The molecule has 0 spiro atoms. The Morgan fingerprint density at radius 2 is 1.66 bits per heavy atom. The highest BCUT2D eigenvalue weighted by atomic mass is 16.8. The Morgan fingerprint density at radius 3 is 2.39 bits per heavy atom. The molecule has 8 nitrogen and oxygen atoms in total. The number of hydrogen-bond acceptors (Lipinski definition) is 7. The molecule has 8 atom stereocenters. The lowest BCUT2D eigenvalue weighted by Gasteiger charge is -2.49. The van der Waals surface area contributed by atoms with Gasteiger partial charge in [0.1, 0.15) is 36.6 Å². The van der Waals surface area contributed by atoms with Crippen LogP contribution in [-0.2, 0) is 39.8 Å². The molecule has 2 aromatic carbocycles. The minimum Gasteiger partial charge on any atom is -0.368 e. The van der Waals surface area contributed by atoms with Gasteiger partial charge in [0.2, 0.25) is 5.91 Å². The van der Waals surface area contributed by atoms with Crippen LogP contribution in [0.15, 0.2) is 60.7 Å². The van der Waals surface area contributed by atoms with Crippen LogP contribution in [0.3, 0.4) is 0 Å². The highest BCUT2D eigenvalue weighted by Gasteiger charge is 2.56. The van der Waals surface area contributed by atoms with E-state index in [1.807, 2.05) is 60.7 Å². The number of amides is 1. The third kappa shape index (κ3) is 5.96. The lowest BCUT2D eigenvalue weighted by molar-refractivity contribution is -0.354. The maximum absolute atomic E-state index is 12.3. The number of ether oxygens (including phenoxy) is 6. The van der Waals surface area contributed by atoms with Gasteiger partial charge in [-0.15, -0.1) is 0 Å². The number of epoxide rings is 1. The zero-order valence-electron chi connectivity index (χ0n) is 21.8. The summed E-state index contributed by atoms with van der Waals surface area (Å²) in [6.45, 7) is 2.22. The zero-order valence-corrected chi connectivity index (χ0v) is 21.8. The molecule has 3 aliphatic heterocycles. The Labute approximate surface area is 223 Å². The molecule has 8 heteroatoms. The third-order valence-electron chi connectivity index (χ3n) is 7.82. The Kier molecular flexibility index (Phi) is 8.06. The first-order valence-corrected chi connectivity index (χ1v) is 13.9. The summed E-state index contributed by atoms with van der Waals surface area (Å²) in [6, 6.07) is 19.6. The summed E-state index contributed by atoms with van der Waals surface area (Å²) in [7, 11) is 0. The molecule has 3 saturated heterocycles. The van der Waals surface area contributed by atoms with Crippen molar-refractivity contribution in [2.75, 3.05) is 6.61 Å². The summed E-state index contributed by atoms with van der Waals surface area (Å²) in [6.07, 6.45) is 2.76.